The van der Waals surface area contributed by atoms with E-state index in [4.69, 9.17) is 0 Å². The number of aliphatic carboxylic acids is 1. The average Bonchev–Trinajstić information content (AvgIpc) is 2.31. The van der Waals surface area contributed by atoms with Gasteiger partial charge >= 0.3 is 5.97 Å². The van der Waals surface area contributed by atoms with Crippen LogP contribution in [0.1, 0.15) is 25.3 Å². The molecule has 0 unspecified atom stereocenters. The summed E-state index contributed by atoms with van der Waals surface area (Å²) in [4.78, 5) is 17.5. The second-order valence-corrected chi connectivity index (χ2v) is 5.02. The van der Waals surface area contributed by atoms with E-state index in [-0.39, 0.29) is 0 Å². The summed E-state index contributed by atoms with van der Waals surface area (Å²) in [6.45, 7) is 5.47. The number of carbonyl (C=O) groups is 1. The third-order valence-electron chi connectivity index (χ3n) is 3.71. The molecule has 1 fully saturated rings. The molecule has 0 atom stereocenters. The van der Waals surface area contributed by atoms with E-state index in [0.29, 0.717) is 12.8 Å². The minimum atomic E-state index is -0.677. The third-order valence-corrected chi connectivity index (χ3v) is 3.71. The van der Waals surface area contributed by atoms with Gasteiger partial charge in [0.2, 0.25) is 0 Å². The summed E-state index contributed by atoms with van der Waals surface area (Å²) < 4.78 is 0. The lowest BCUT2D eigenvalue weighted by Gasteiger charge is -2.38. The van der Waals surface area contributed by atoms with Crippen LogP contribution in [-0.2, 0) is 4.79 Å². The standard InChI is InChI=1S/C13H18N2O2/c1-10-9-14-6-3-11(10)15-7-4-13(2,5-8-15)12(16)17/h3,6,9H,4-5,7-8H2,1-2H3,(H,16,17). The number of aromatic nitrogens is 1. The van der Waals surface area contributed by atoms with Gasteiger partial charge < -0.3 is 10.0 Å². The number of piperidine rings is 1. The van der Waals surface area contributed by atoms with E-state index in [1.54, 1.807) is 6.20 Å². The molecule has 0 radical (unpaired) electrons. The van der Waals surface area contributed by atoms with Gasteiger partial charge in [0, 0.05) is 31.2 Å². The van der Waals surface area contributed by atoms with Crippen molar-refractivity contribution in [2.75, 3.05) is 18.0 Å². The molecule has 4 nitrogen and oxygen atoms in total. The summed E-state index contributed by atoms with van der Waals surface area (Å²) in [6, 6.07) is 2.00. The summed E-state index contributed by atoms with van der Waals surface area (Å²) in [5.74, 6) is -0.677. The molecular formula is C13H18N2O2. The molecular weight excluding hydrogens is 216 g/mol. The van der Waals surface area contributed by atoms with Gasteiger partial charge in [-0.1, -0.05) is 0 Å². The Morgan fingerprint density at radius 3 is 2.65 bits per heavy atom. The molecule has 4 heteroatoms. The van der Waals surface area contributed by atoms with Crippen molar-refractivity contribution >= 4 is 11.7 Å². The number of aryl methyl sites for hydroxylation is 1. The number of carboxylic acid groups (broad SMARTS) is 1. The van der Waals surface area contributed by atoms with Gasteiger partial charge in [-0.05, 0) is 38.3 Å². The summed E-state index contributed by atoms with van der Waals surface area (Å²) in [5.41, 5.74) is 1.76. The number of hydrogen-bond acceptors (Lipinski definition) is 3. The third kappa shape index (κ3) is 2.25. The Kier molecular flexibility index (Phi) is 3.05. The van der Waals surface area contributed by atoms with Gasteiger partial charge in [0.1, 0.15) is 0 Å². The minimum absolute atomic E-state index is 0.558. The molecule has 0 aromatic carbocycles. The van der Waals surface area contributed by atoms with Crippen molar-refractivity contribution < 1.29 is 9.90 Å². The number of rotatable bonds is 2. The van der Waals surface area contributed by atoms with Crippen LogP contribution in [0.3, 0.4) is 0 Å². The highest BCUT2D eigenvalue weighted by Crippen LogP contribution is 2.33. The quantitative estimate of drug-likeness (QED) is 0.851. The van der Waals surface area contributed by atoms with Gasteiger partial charge in [0.25, 0.3) is 0 Å². The Labute approximate surface area is 101 Å². The van der Waals surface area contributed by atoms with E-state index in [1.165, 1.54) is 5.69 Å². The Bertz CT molecular complexity index is 423. The van der Waals surface area contributed by atoms with Gasteiger partial charge in [0.15, 0.2) is 0 Å². The molecule has 92 valence electrons. The van der Waals surface area contributed by atoms with Gasteiger partial charge in [-0.25, -0.2) is 0 Å². The fourth-order valence-corrected chi connectivity index (χ4v) is 2.28. The smallest absolute Gasteiger partial charge is 0.309 e. The number of nitrogens with zero attached hydrogens (tertiary/aromatic N) is 2. The van der Waals surface area contributed by atoms with Gasteiger partial charge in [-0.15, -0.1) is 0 Å². The van der Waals surface area contributed by atoms with E-state index >= 15 is 0 Å². The molecule has 17 heavy (non-hydrogen) atoms. The topological polar surface area (TPSA) is 53.4 Å². The molecule has 1 aliphatic rings. The average molecular weight is 234 g/mol. The van der Waals surface area contributed by atoms with Crippen LogP contribution in [0.25, 0.3) is 0 Å². The molecule has 1 N–H and O–H groups in total. The van der Waals surface area contributed by atoms with Crippen LogP contribution in [-0.4, -0.2) is 29.1 Å². The van der Waals surface area contributed by atoms with Gasteiger partial charge in [-0.2, -0.15) is 0 Å². The van der Waals surface area contributed by atoms with Crippen molar-refractivity contribution in [3.63, 3.8) is 0 Å². The van der Waals surface area contributed by atoms with Crippen LogP contribution in [0.5, 0.6) is 0 Å². The molecule has 0 aliphatic carbocycles. The van der Waals surface area contributed by atoms with Crippen molar-refractivity contribution in [2.45, 2.75) is 26.7 Å². The van der Waals surface area contributed by atoms with E-state index in [0.717, 1.165) is 18.7 Å². The van der Waals surface area contributed by atoms with Crippen molar-refractivity contribution in [3.8, 4) is 0 Å². The maximum atomic E-state index is 11.2. The molecule has 0 spiro atoms. The van der Waals surface area contributed by atoms with Crippen LogP contribution in [0.4, 0.5) is 5.69 Å². The first-order valence-electron chi connectivity index (χ1n) is 5.92. The second-order valence-electron chi connectivity index (χ2n) is 5.02. The van der Waals surface area contributed by atoms with Crippen LogP contribution >= 0.6 is 0 Å². The van der Waals surface area contributed by atoms with E-state index in [1.807, 2.05) is 26.1 Å². The molecule has 1 aromatic heterocycles. The van der Waals surface area contributed by atoms with Gasteiger partial charge in [-0.3, -0.25) is 9.78 Å². The number of anilines is 1. The van der Waals surface area contributed by atoms with E-state index < -0.39 is 11.4 Å². The predicted octanol–water partition coefficient (Wildman–Crippen LogP) is 2.08. The zero-order valence-electron chi connectivity index (χ0n) is 10.3. The Morgan fingerprint density at radius 2 is 2.12 bits per heavy atom. The molecule has 0 bridgehead atoms. The first kappa shape index (κ1) is 11.9. The summed E-state index contributed by atoms with van der Waals surface area (Å²) >= 11 is 0. The number of hydrogen-bond donors (Lipinski definition) is 1. The fourth-order valence-electron chi connectivity index (χ4n) is 2.28. The summed E-state index contributed by atoms with van der Waals surface area (Å²) in [6.07, 6.45) is 5.03. The first-order chi connectivity index (χ1) is 8.03. The van der Waals surface area contributed by atoms with Crippen molar-refractivity contribution in [1.29, 1.82) is 0 Å². The largest absolute Gasteiger partial charge is 0.481 e. The molecule has 0 saturated carbocycles. The SMILES string of the molecule is Cc1cnccc1N1CCC(C)(C(=O)O)CC1. The maximum Gasteiger partial charge on any atom is 0.309 e. The highest BCUT2D eigenvalue weighted by molar-refractivity contribution is 5.74. The van der Waals surface area contributed by atoms with Crippen LogP contribution in [0.2, 0.25) is 0 Å². The van der Waals surface area contributed by atoms with Crippen LogP contribution in [0, 0.1) is 12.3 Å². The number of carboxylic acids is 1. The Hall–Kier alpha value is -1.58. The zero-order chi connectivity index (χ0) is 12.5. The van der Waals surface area contributed by atoms with Gasteiger partial charge in [0.05, 0.1) is 5.41 Å². The molecule has 1 aromatic rings. The van der Waals surface area contributed by atoms with Crippen LogP contribution in [0.15, 0.2) is 18.5 Å². The minimum Gasteiger partial charge on any atom is -0.481 e. The Morgan fingerprint density at radius 1 is 1.47 bits per heavy atom. The lowest BCUT2D eigenvalue weighted by molar-refractivity contribution is -0.149. The van der Waals surface area contributed by atoms with Crippen molar-refractivity contribution in [3.05, 3.63) is 24.0 Å². The Balaban J connectivity index is 2.10. The summed E-state index contributed by atoms with van der Waals surface area (Å²) in [5, 5.41) is 9.18. The normalized spacial score (nSPS) is 19.1. The molecule has 2 heterocycles. The van der Waals surface area contributed by atoms with E-state index in [2.05, 4.69) is 9.88 Å². The zero-order valence-corrected chi connectivity index (χ0v) is 10.3. The predicted molar refractivity (Wildman–Crippen MR) is 66.2 cm³/mol. The highest BCUT2D eigenvalue weighted by Gasteiger charge is 2.37. The highest BCUT2D eigenvalue weighted by atomic mass is 16.4. The fraction of sp³-hybridized carbons (Fsp3) is 0.538. The molecule has 2 rings (SSSR count). The van der Waals surface area contributed by atoms with Crippen LogP contribution < -0.4 is 4.90 Å². The lowest BCUT2D eigenvalue weighted by Crippen LogP contribution is -2.42. The molecule has 1 saturated heterocycles. The number of pyridine rings is 1. The second kappa shape index (κ2) is 4.35. The van der Waals surface area contributed by atoms with E-state index in [9.17, 15) is 9.90 Å². The maximum absolute atomic E-state index is 11.2. The molecule has 0 amide bonds. The summed E-state index contributed by atoms with van der Waals surface area (Å²) in [7, 11) is 0. The lowest BCUT2D eigenvalue weighted by atomic mass is 9.80. The molecule has 1 aliphatic heterocycles. The monoisotopic (exact) mass is 234 g/mol. The van der Waals surface area contributed by atoms with Crippen molar-refractivity contribution in [2.24, 2.45) is 5.41 Å². The first-order valence-corrected chi connectivity index (χ1v) is 5.92. The van der Waals surface area contributed by atoms with Crippen molar-refractivity contribution in [1.82, 2.24) is 4.98 Å².